The van der Waals surface area contributed by atoms with Gasteiger partial charge in [-0.3, -0.25) is 4.90 Å². The van der Waals surface area contributed by atoms with Gasteiger partial charge >= 0.3 is 0 Å². The van der Waals surface area contributed by atoms with Gasteiger partial charge in [-0.25, -0.2) is 4.39 Å². The van der Waals surface area contributed by atoms with Crippen molar-refractivity contribution in [2.24, 2.45) is 0 Å². The van der Waals surface area contributed by atoms with Crippen molar-refractivity contribution in [2.45, 2.75) is 25.9 Å². The summed E-state index contributed by atoms with van der Waals surface area (Å²) < 4.78 is 17.0. The van der Waals surface area contributed by atoms with E-state index in [4.69, 9.17) is 4.74 Å². The van der Waals surface area contributed by atoms with Gasteiger partial charge in [0.05, 0.1) is 19.3 Å². The molecule has 0 aromatic rings. The van der Waals surface area contributed by atoms with Gasteiger partial charge in [0, 0.05) is 25.7 Å². The van der Waals surface area contributed by atoms with E-state index in [2.05, 4.69) is 24.1 Å². The smallest absolute Gasteiger partial charge is 0.102 e. The molecule has 1 aliphatic rings. The van der Waals surface area contributed by atoms with Crippen LogP contribution < -0.4 is 5.32 Å². The summed E-state index contributed by atoms with van der Waals surface area (Å²) in [7, 11) is 0. The summed E-state index contributed by atoms with van der Waals surface area (Å²) in [5.74, 6) is 0. The maximum Gasteiger partial charge on any atom is 0.102 e. The van der Waals surface area contributed by atoms with Crippen molar-refractivity contribution in [3.05, 3.63) is 0 Å². The molecule has 0 unspecified atom stereocenters. The number of alkyl halides is 1. The molecule has 0 atom stereocenters. The first kappa shape index (κ1) is 11.9. The topological polar surface area (TPSA) is 24.5 Å². The molecule has 14 heavy (non-hydrogen) atoms. The quantitative estimate of drug-likeness (QED) is 0.616. The molecular weight excluding hydrogens is 183 g/mol. The second-order valence-electron chi connectivity index (χ2n) is 3.96. The predicted molar refractivity (Wildman–Crippen MR) is 55.3 cm³/mol. The number of halogens is 1. The van der Waals surface area contributed by atoms with E-state index < -0.39 is 0 Å². The van der Waals surface area contributed by atoms with Crippen LogP contribution in [0.2, 0.25) is 0 Å². The third kappa shape index (κ3) is 3.52. The lowest BCUT2D eigenvalue weighted by Crippen LogP contribution is -2.53. The first-order valence-corrected chi connectivity index (χ1v) is 5.36. The lowest BCUT2D eigenvalue weighted by atomic mass is 10.1. The molecule has 0 saturated carbocycles. The van der Waals surface area contributed by atoms with Gasteiger partial charge in [-0.15, -0.1) is 0 Å². The summed E-state index contributed by atoms with van der Waals surface area (Å²) in [4.78, 5) is 2.41. The van der Waals surface area contributed by atoms with Crippen molar-refractivity contribution in [3.63, 3.8) is 0 Å². The van der Waals surface area contributed by atoms with E-state index in [1.807, 2.05) is 0 Å². The molecule has 0 aromatic heterocycles. The van der Waals surface area contributed by atoms with E-state index in [1.54, 1.807) is 0 Å². The van der Waals surface area contributed by atoms with E-state index in [0.29, 0.717) is 18.6 Å². The second-order valence-corrected chi connectivity index (χ2v) is 3.96. The summed E-state index contributed by atoms with van der Waals surface area (Å²) in [6.45, 7) is 8.09. The Bertz CT molecular complexity index is 151. The number of nitrogens with one attached hydrogen (secondary N) is 1. The number of nitrogens with zero attached hydrogens (tertiary/aromatic N) is 1. The molecule has 3 nitrogen and oxygen atoms in total. The molecule has 1 fully saturated rings. The zero-order chi connectivity index (χ0) is 10.4. The summed E-state index contributed by atoms with van der Waals surface area (Å²) in [6, 6.07) is 1.11. The average molecular weight is 204 g/mol. The molecule has 0 amide bonds. The summed E-state index contributed by atoms with van der Waals surface area (Å²) >= 11 is 0. The van der Waals surface area contributed by atoms with Gasteiger partial charge < -0.3 is 10.1 Å². The zero-order valence-electron chi connectivity index (χ0n) is 9.13. The van der Waals surface area contributed by atoms with E-state index in [1.165, 1.54) is 0 Å². The molecule has 0 spiro atoms. The molecular formula is C10H21FN2O. The van der Waals surface area contributed by atoms with Crippen LogP contribution in [0.15, 0.2) is 0 Å². The van der Waals surface area contributed by atoms with E-state index in [-0.39, 0.29) is 6.67 Å². The standard InChI is InChI=1S/C10H21FN2O/c1-9(2)13(10-7-14-8-10)6-5-12-4-3-11/h9-10,12H,3-8H2,1-2H3. The van der Waals surface area contributed by atoms with Gasteiger partial charge in [-0.05, 0) is 13.8 Å². The van der Waals surface area contributed by atoms with Gasteiger partial charge in [0.1, 0.15) is 6.67 Å². The Labute approximate surface area is 85.6 Å². The second kappa shape index (κ2) is 6.32. The lowest BCUT2D eigenvalue weighted by Gasteiger charge is -2.40. The molecule has 1 N–H and O–H groups in total. The van der Waals surface area contributed by atoms with Gasteiger partial charge in [-0.2, -0.15) is 0 Å². The van der Waals surface area contributed by atoms with E-state index in [9.17, 15) is 4.39 Å². The maximum absolute atomic E-state index is 11.8. The normalized spacial score (nSPS) is 17.8. The predicted octanol–water partition coefficient (Wildman–Crippen LogP) is 0.655. The van der Waals surface area contributed by atoms with Crippen LogP contribution in [0.5, 0.6) is 0 Å². The van der Waals surface area contributed by atoms with Crippen LogP contribution in [-0.2, 0) is 4.74 Å². The van der Waals surface area contributed by atoms with E-state index >= 15 is 0 Å². The van der Waals surface area contributed by atoms with Crippen LogP contribution in [0.1, 0.15) is 13.8 Å². The lowest BCUT2D eigenvalue weighted by molar-refractivity contribution is -0.0744. The third-order valence-electron chi connectivity index (χ3n) is 2.57. The third-order valence-corrected chi connectivity index (χ3v) is 2.57. The SMILES string of the molecule is CC(C)N(CCNCCF)C1COC1. The maximum atomic E-state index is 11.8. The summed E-state index contributed by atoms with van der Waals surface area (Å²) in [6.07, 6.45) is 0. The number of ether oxygens (including phenoxy) is 1. The fraction of sp³-hybridized carbons (Fsp3) is 1.00. The molecule has 1 saturated heterocycles. The Morgan fingerprint density at radius 3 is 2.57 bits per heavy atom. The number of hydrogen-bond donors (Lipinski definition) is 1. The Hall–Kier alpha value is -0.190. The summed E-state index contributed by atoms with van der Waals surface area (Å²) in [5.41, 5.74) is 0. The Morgan fingerprint density at radius 1 is 1.43 bits per heavy atom. The molecule has 1 heterocycles. The van der Waals surface area contributed by atoms with Crippen LogP contribution in [0.4, 0.5) is 4.39 Å². The monoisotopic (exact) mass is 204 g/mol. The van der Waals surface area contributed by atoms with Gasteiger partial charge in [-0.1, -0.05) is 0 Å². The molecule has 0 aromatic carbocycles. The molecule has 0 bridgehead atoms. The highest BCUT2D eigenvalue weighted by Gasteiger charge is 2.27. The first-order chi connectivity index (χ1) is 6.75. The van der Waals surface area contributed by atoms with Gasteiger partial charge in [0.2, 0.25) is 0 Å². The first-order valence-electron chi connectivity index (χ1n) is 5.36. The molecule has 0 radical (unpaired) electrons. The molecule has 0 aliphatic carbocycles. The van der Waals surface area contributed by atoms with Gasteiger partial charge in [0.25, 0.3) is 0 Å². The largest absolute Gasteiger partial charge is 0.378 e. The minimum absolute atomic E-state index is 0.284. The van der Waals surface area contributed by atoms with Crippen LogP contribution in [0.3, 0.4) is 0 Å². The van der Waals surface area contributed by atoms with Crippen molar-refractivity contribution < 1.29 is 9.13 Å². The van der Waals surface area contributed by atoms with Crippen LogP contribution in [0, 0.1) is 0 Å². The van der Waals surface area contributed by atoms with Crippen LogP contribution in [0.25, 0.3) is 0 Å². The Morgan fingerprint density at radius 2 is 2.14 bits per heavy atom. The number of rotatable bonds is 7. The highest BCUT2D eigenvalue weighted by Crippen LogP contribution is 2.12. The van der Waals surface area contributed by atoms with Crippen molar-refractivity contribution in [2.75, 3.05) is 39.5 Å². The summed E-state index contributed by atoms with van der Waals surface area (Å²) in [5, 5.41) is 3.07. The Kier molecular flexibility index (Phi) is 5.37. The average Bonchev–Trinajstić information content (AvgIpc) is 2.06. The van der Waals surface area contributed by atoms with Gasteiger partial charge in [0.15, 0.2) is 0 Å². The van der Waals surface area contributed by atoms with Crippen molar-refractivity contribution in [1.82, 2.24) is 10.2 Å². The zero-order valence-corrected chi connectivity index (χ0v) is 9.13. The minimum atomic E-state index is -0.284. The molecule has 1 rings (SSSR count). The number of hydrogen-bond acceptors (Lipinski definition) is 3. The fourth-order valence-corrected chi connectivity index (χ4v) is 1.68. The van der Waals surface area contributed by atoms with Crippen molar-refractivity contribution in [3.8, 4) is 0 Å². The Balaban J connectivity index is 2.15. The minimum Gasteiger partial charge on any atom is -0.378 e. The molecule has 84 valence electrons. The van der Waals surface area contributed by atoms with Crippen molar-refractivity contribution in [1.29, 1.82) is 0 Å². The highest BCUT2D eigenvalue weighted by molar-refractivity contribution is 4.80. The molecule has 4 heteroatoms. The van der Waals surface area contributed by atoms with Crippen LogP contribution in [-0.4, -0.2) is 56.5 Å². The van der Waals surface area contributed by atoms with Crippen molar-refractivity contribution >= 4 is 0 Å². The molecule has 1 aliphatic heterocycles. The fourth-order valence-electron chi connectivity index (χ4n) is 1.68. The highest BCUT2D eigenvalue weighted by atomic mass is 19.1. The van der Waals surface area contributed by atoms with E-state index in [0.717, 1.165) is 26.3 Å². The van der Waals surface area contributed by atoms with Crippen LogP contribution >= 0.6 is 0 Å².